The van der Waals surface area contributed by atoms with Crippen molar-refractivity contribution in [3.8, 4) is 17.1 Å². The van der Waals surface area contributed by atoms with Crippen LogP contribution in [-0.4, -0.2) is 21.2 Å². The number of alkyl halides is 3. The number of fused-ring (bicyclic) bond motifs is 1. The van der Waals surface area contributed by atoms with Crippen LogP contribution in [0.3, 0.4) is 0 Å². The predicted molar refractivity (Wildman–Crippen MR) is 101 cm³/mol. The standard InChI is InChI=1S/C21H15F3N2O4/c22-21(23,24)14-3-1-12(2-4-14)19-8-15(26-30-19)11-29-16-5-6-18-17(9-16)13(10-25-18)7-20(27)28/h1-6,8-10,25H,7,11H2,(H,27,28). The van der Waals surface area contributed by atoms with E-state index in [2.05, 4.69) is 10.1 Å². The quantitative estimate of drug-likeness (QED) is 0.459. The first-order chi connectivity index (χ1) is 14.3. The first-order valence-corrected chi connectivity index (χ1v) is 8.87. The molecule has 154 valence electrons. The molecular formula is C21H15F3N2O4. The minimum atomic E-state index is -4.40. The number of aromatic nitrogens is 2. The van der Waals surface area contributed by atoms with Crippen molar-refractivity contribution in [3.05, 3.63) is 71.5 Å². The van der Waals surface area contributed by atoms with Gasteiger partial charge in [-0.1, -0.05) is 17.3 Å². The number of ether oxygens (including phenoxy) is 1. The number of aliphatic carboxylic acids is 1. The number of halogens is 3. The van der Waals surface area contributed by atoms with E-state index in [1.54, 1.807) is 30.5 Å². The summed E-state index contributed by atoms with van der Waals surface area (Å²) in [5, 5.41) is 13.6. The Morgan fingerprint density at radius 2 is 1.90 bits per heavy atom. The normalized spacial score (nSPS) is 11.7. The van der Waals surface area contributed by atoms with E-state index in [9.17, 15) is 18.0 Å². The van der Waals surface area contributed by atoms with E-state index in [4.69, 9.17) is 14.4 Å². The third kappa shape index (κ3) is 4.14. The fraction of sp³-hybridized carbons (Fsp3) is 0.143. The molecule has 4 rings (SSSR count). The molecule has 30 heavy (non-hydrogen) atoms. The molecule has 2 N–H and O–H groups in total. The van der Waals surface area contributed by atoms with Crippen molar-refractivity contribution >= 4 is 16.9 Å². The summed E-state index contributed by atoms with van der Waals surface area (Å²) in [5.41, 5.74) is 1.63. The third-order valence-corrected chi connectivity index (χ3v) is 4.52. The average Bonchev–Trinajstić information content (AvgIpc) is 3.33. The van der Waals surface area contributed by atoms with Gasteiger partial charge in [0.1, 0.15) is 18.1 Å². The number of H-pyrrole nitrogens is 1. The van der Waals surface area contributed by atoms with E-state index >= 15 is 0 Å². The number of hydrogen-bond donors (Lipinski definition) is 2. The molecular weight excluding hydrogens is 401 g/mol. The third-order valence-electron chi connectivity index (χ3n) is 4.52. The number of carboxylic acids is 1. The topological polar surface area (TPSA) is 88.3 Å². The summed E-state index contributed by atoms with van der Waals surface area (Å²) in [5.74, 6) is -0.0828. The maximum atomic E-state index is 12.7. The van der Waals surface area contributed by atoms with Crippen LogP contribution in [-0.2, 0) is 24.0 Å². The minimum Gasteiger partial charge on any atom is -0.487 e. The Balaban J connectivity index is 1.46. The Morgan fingerprint density at radius 3 is 2.60 bits per heavy atom. The maximum absolute atomic E-state index is 12.7. The molecule has 0 aliphatic rings. The number of rotatable bonds is 6. The smallest absolute Gasteiger partial charge is 0.416 e. The Labute approximate surface area is 167 Å². The lowest BCUT2D eigenvalue weighted by Crippen LogP contribution is -2.03. The van der Waals surface area contributed by atoms with Gasteiger partial charge in [0, 0.05) is 28.7 Å². The largest absolute Gasteiger partial charge is 0.487 e. The summed E-state index contributed by atoms with van der Waals surface area (Å²) in [6.07, 6.45) is -2.86. The molecule has 0 bridgehead atoms. The van der Waals surface area contributed by atoms with Gasteiger partial charge in [0.25, 0.3) is 0 Å². The average molecular weight is 416 g/mol. The zero-order chi connectivity index (χ0) is 21.3. The lowest BCUT2D eigenvalue weighted by Gasteiger charge is -2.06. The molecule has 2 heterocycles. The summed E-state index contributed by atoms with van der Waals surface area (Å²) in [6.45, 7) is 0.0777. The van der Waals surface area contributed by atoms with E-state index in [1.165, 1.54) is 12.1 Å². The molecule has 0 saturated carbocycles. The van der Waals surface area contributed by atoms with Crippen LogP contribution >= 0.6 is 0 Å². The van der Waals surface area contributed by atoms with Crippen molar-refractivity contribution in [1.82, 2.24) is 10.1 Å². The highest BCUT2D eigenvalue weighted by molar-refractivity contribution is 5.88. The minimum absolute atomic E-state index is 0.0777. The van der Waals surface area contributed by atoms with E-state index in [-0.39, 0.29) is 13.0 Å². The summed E-state index contributed by atoms with van der Waals surface area (Å²) in [6, 6.07) is 11.4. The molecule has 0 aliphatic carbocycles. The molecule has 0 radical (unpaired) electrons. The zero-order valence-electron chi connectivity index (χ0n) is 15.4. The number of benzene rings is 2. The molecule has 2 aromatic carbocycles. The fourth-order valence-electron chi connectivity index (χ4n) is 3.05. The van der Waals surface area contributed by atoms with Gasteiger partial charge in [-0.2, -0.15) is 13.2 Å². The summed E-state index contributed by atoms with van der Waals surface area (Å²) in [4.78, 5) is 14.0. The lowest BCUT2D eigenvalue weighted by molar-refractivity contribution is -0.138. The Hall–Kier alpha value is -3.75. The van der Waals surface area contributed by atoms with Crippen LogP contribution < -0.4 is 4.74 Å². The maximum Gasteiger partial charge on any atom is 0.416 e. The van der Waals surface area contributed by atoms with Crippen molar-refractivity contribution in [2.45, 2.75) is 19.2 Å². The van der Waals surface area contributed by atoms with Crippen LogP contribution in [0.4, 0.5) is 13.2 Å². The van der Waals surface area contributed by atoms with Crippen LogP contribution in [0, 0.1) is 0 Å². The van der Waals surface area contributed by atoms with Crippen molar-refractivity contribution in [3.63, 3.8) is 0 Å². The highest BCUT2D eigenvalue weighted by atomic mass is 19.4. The Morgan fingerprint density at radius 1 is 1.13 bits per heavy atom. The monoisotopic (exact) mass is 416 g/mol. The van der Waals surface area contributed by atoms with E-state index in [0.29, 0.717) is 28.3 Å². The van der Waals surface area contributed by atoms with Crippen molar-refractivity contribution in [1.29, 1.82) is 0 Å². The Bertz CT molecular complexity index is 1190. The predicted octanol–water partition coefficient (Wildman–Crippen LogP) is 5.05. The molecule has 0 atom stereocenters. The van der Waals surface area contributed by atoms with Gasteiger partial charge < -0.3 is 19.4 Å². The second-order valence-electron chi connectivity index (χ2n) is 6.64. The second-order valence-corrected chi connectivity index (χ2v) is 6.64. The van der Waals surface area contributed by atoms with Crippen LogP contribution in [0.15, 0.2) is 59.3 Å². The van der Waals surface area contributed by atoms with Crippen LogP contribution in [0.2, 0.25) is 0 Å². The number of aromatic amines is 1. The summed E-state index contributed by atoms with van der Waals surface area (Å²) < 4.78 is 48.9. The van der Waals surface area contributed by atoms with E-state index < -0.39 is 17.7 Å². The summed E-state index contributed by atoms with van der Waals surface area (Å²) in [7, 11) is 0. The first kappa shape index (κ1) is 19.6. The molecule has 9 heteroatoms. The Kier molecular flexibility index (Phi) is 4.94. The van der Waals surface area contributed by atoms with Gasteiger partial charge in [-0.25, -0.2) is 0 Å². The molecule has 6 nitrogen and oxygen atoms in total. The molecule has 0 saturated heterocycles. The molecule has 0 fully saturated rings. The number of carbonyl (C=O) groups is 1. The number of hydrogen-bond acceptors (Lipinski definition) is 4. The zero-order valence-corrected chi connectivity index (χ0v) is 15.4. The fourth-order valence-corrected chi connectivity index (χ4v) is 3.05. The van der Waals surface area contributed by atoms with E-state index in [1.807, 2.05) is 0 Å². The van der Waals surface area contributed by atoms with Gasteiger partial charge in [-0.05, 0) is 35.9 Å². The van der Waals surface area contributed by atoms with Gasteiger partial charge in [0.15, 0.2) is 5.76 Å². The SMILES string of the molecule is O=C(O)Cc1c[nH]c2ccc(OCc3cc(-c4ccc(C(F)(F)F)cc4)on3)cc12. The van der Waals surface area contributed by atoms with Crippen molar-refractivity contribution < 1.29 is 32.3 Å². The van der Waals surface area contributed by atoms with Gasteiger partial charge in [-0.15, -0.1) is 0 Å². The molecule has 4 aromatic rings. The van der Waals surface area contributed by atoms with Gasteiger partial charge in [-0.3, -0.25) is 4.79 Å². The van der Waals surface area contributed by atoms with Gasteiger partial charge in [0.2, 0.25) is 0 Å². The van der Waals surface area contributed by atoms with Crippen LogP contribution in [0.5, 0.6) is 5.75 Å². The summed E-state index contributed by atoms with van der Waals surface area (Å²) >= 11 is 0. The van der Waals surface area contributed by atoms with E-state index in [0.717, 1.165) is 23.0 Å². The molecule has 0 spiro atoms. The molecule has 0 aliphatic heterocycles. The highest BCUT2D eigenvalue weighted by Gasteiger charge is 2.30. The molecule has 0 amide bonds. The van der Waals surface area contributed by atoms with Crippen LogP contribution in [0.25, 0.3) is 22.2 Å². The number of nitrogens with one attached hydrogen (secondary N) is 1. The van der Waals surface area contributed by atoms with Crippen LogP contribution in [0.1, 0.15) is 16.8 Å². The van der Waals surface area contributed by atoms with Crippen molar-refractivity contribution in [2.75, 3.05) is 0 Å². The number of carboxylic acid groups (broad SMARTS) is 1. The second kappa shape index (κ2) is 7.58. The van der Waals surface area contributed by atoms with Gasteiger partial charge in [0.05, 0.1) is 12.0 Å². The lowest BCUT2D eigenvalue weighted by atomic mass is 10.1. The highest BCUT2D eigenvalue weighted by Crippen LogP contribution is 2.31. The first-order valence-electron chi connectivity index (χ1n) is 8.87. The van der Waals surface area contributed by atoms with Crippen molar-refractivity contribution in [2.24, 2.45) is 0 Å². The number of nitrogens with zero attached hydrogens (tertiary/aromatic N) is 1. The molecule has 0 unspecified atom stereocenters. The molecule has 2 aromatic heterocycles. The van der Waals surface area contributed by atoms with Gasteiger partial charge >= 0.3 is 12.1 Å².